The lowest BCUT2D eigenvalue weighted by Gasteiger charge is -2.17. The van der Waals surface area contributed by atoms with Crippen LogP contribution in [0.15, 0.2) is 29.3 Å². The molecule has 166 valence electrons. The Bertz CT molecular complexity index is 605. The average molecular weight is 526 g/mol. The number of rotatable bonds is 10. The Labute approximate surface area is 189 Å². The molecule has 2 unspecified atom stereocenters. The number of guanidine groups is 1. The van der Waals surface area contributed by atoms with E-state index >= 15 is 0 Å². The van der Waals surface area contributed by atoms with Crippen molar-refractivity contribution in [3.8, 4) is 5.75 Å². The van der Waals surface area contributed by atoms with Gasteiger partial charge in [-0.15, -0.1) is 24.0 Å². The molecule has 0 aliphatic carbocycles. The first-order chi connectivity index (χ1) is 13.5. The minimum absolute atomic E-state index is 0. The van der Waals surface area contributed by atoms with E-state index in [0.717, 1.165) is 32.7 Å². The third-order valence-corrected chi connectivity index (χ3v) is 4.72. The van der Waals surface area contributed by atoms with Crippen LogP contribution >= 0.6 is 24.0 Å². The number of hydrogen-bond acceptors (Lipinski definition) is 4. The van der Waals surface area contributed by atoms with E-state index in [2.05, 4.69) is 32.2 Å². The molecule has 2 rings (SSSR count). The van der Waals surface area contributed by atoms with Crippen molar-refractivity contribution in [3.63, 3.8) is 0 Å². The lowest BCUT2D eigenvalue weighted by molar-refractivity contribution is -0.0498. The highest BCUT2D eigenvalue weighted by Crippen LogP contribution is 2.19. The molecule has 0 spiro atoms. The van der Waals surface area contributed by atoms with Crippen LogP contribution in [0.1, 0.15) is 38.4 Å². The number of aliphatic hydroxyl groups is 1. The van der Waals surface area contributed by atoms with E-state index in [1.165, 1.54) is 25.0 Å². The molecule has 0 saturated carbocycles. The van der Waals surface area contributed by atoms with Crippen LogP contribution in [0.2, 0.25) is 0 Å². The molecule has 2 atom stereocenters. The van der Waals surface area contributed by atoms with Gasteiger partial charge in [0.05, 0.1) is 12.6 Å². The lowest BCUT2D eigenvalue weighted by atomic mass is 10.1. The normalized spacial score (nSPS) is 18.4. The third kappa shape index (κ3) is 9.43. The number of halogens is 3. The molecular formula is C20H33F2IN4O2. The fourth-order valence-corrected chi connectivity index (χ4v) is 3.34. The van der Waals surface area contributed by atoms with Crippen molar-refractivity contribution in [3.05, 3.63) is 29.8 Å². The summed E-state index contributed by atoms with van der Waals surface area (Å²) >= 11 is 0. The number of alkyl halides is 2. The van der Waals surface area contributed by atoms with Gasteiger partial charge in [-0.2, -0.15) is 8.78 Å². The zero-order valence-electron chi connectivity index (χ0n) is 17.1. The van der Waals surface area contributed by atoms with E-state index in [1.807, 2.05) is 6.92 Å². The van der Waals surface area contributed by atoms with Crippen molar-refractivity contribution in [1.82, 2.24) is 15.5 Å². The van der Waals surface area contributed by atoms with Gasteiger partial charge < -0.3 is 25.4 Å². The maximum atomic E-state index is 12.2. The molecule has 0 aromatic heterocycles. The van der Waals surface area contributed by atoms with Gasteiger partial charge in [0.1, 0.15) is 5.75 Å². The molecule has 1 saturated heterocycles. The molecule has 1 aliphatic rings. The van der Waals surface area contributed by atoms with Gasteiger partial charge in [-0.25, -0.2) is 0 Å². The van der Waals surface area contributed by atoms with Gasteiger partial charge >= 0.3 is 6.61 Å². The van der Waals surface area contributed by atoms with E-state index in [4.69, 9.17) is 0 Å². The Morgan fingerprint density at radius 3 is 2.62 bits per heavy atom. The van der Waals surface area contributed by atoms with Crippen molar-refractivity contribution in [2.45, 2.75) is 39.4 Å². The van der Waals surface area contributed by atoms with Gasteiger partial charge in [0, 0.05) is 19.6 Å². The second kappa shape index (κ2) is 13.9. The predicted octanol–water partition coefficient (Wildman–Crippen LogP) is 3.23. The highest BCUT2D eigenvalue weighted by atomic mass is 127. The molecule has 9 heteroatoms. The fourth-order valence-electron chi connectivity index (χ4n) is 3.34. The Morgan fingerprint density at radius 1 is 1.28 bits per heavy atom. The molecule has 3 N–H and O–H groups in total. The quantitative estimate of drug-likeness (QED) is 0.248. The van der Waals surface area contributed by atoms with Crippen LogP contribution in [0.25, 0.3) is 0 Å². The number of nitrogens with one attached hydrogen (secondary N) is 2. The maximum absolute atomic E-state index is 12.2. The molecule has 1 aromatic carbocycles. The van der Waals surface area contributed by atoms with Crippen molar-refractivity contribution in [2.24, 2.45) is 10.9 Å². The highest BCUT2D eigenvalue weighted by molar-refractivity contribution is 14.0. The fraction of sp³-hybridized carbons (Fsp3) is 0.650. The molecular weight excluding hydrogens is 493 g/mol. The van der Waals surface area contributed by atoms with E-state index in [1.54, 1.807) is 12.1 Å². The first-order valence-corrected chi connectivity index (χ1v) is 9.99. The van der Waals surface area contributed by atoms with Crippen LogP contribution in [0.5, 0.6) is 5.75 Å². The Morgan fingerprint density at radius 2 is 2.00 bits per heavy atom. The van der Waals surface area contributed by atoms with Gasteiger partial charge in [-0.1, -0.05) is 19.1 Å². The van der Waals surface area contributed by atoms with Gasteiger partial charge in [0.25, 0.3) is 0 Å². The largest absolute Gasteiger partial charge is 0.435 e. The first kappa shape index (κ1) is 25.8. The van der Waals surface area contributed by atoms with Crippen LogP contribution < -0.4 is 15.4 Å². The van der Waals surface area contributed by atoms with Crippen molar-refractivity contribution < 1.29 is 18.6 Å². The first-order valence-electron chi connectivity index (χ1n) is 9.99. The van der Waals surface area contributed by atoms with Crippen LogP contribution in [0, 0.1) is 5.92 Å². The number of aliphatic hydroxyl groups excluding tert-OH is 1. The van der Waals surface area contributed by atoms with Crippen LogP contribution in [-0.4, -0.2) is 61.8 Å². The number of benzene rings is 1. The van der Waals surface area contributed by atoms with Crippen molar-refractivity contribution in [2.75, 3.05) is 39.3 Å². The van der Waals surface area contributed by atoms with Gasteiger partial charge in [0.15, 0.2) is 5.96 Å². The molecule has 0 bridgehead atoms. The predicted molar refractivity (Wildman–Crippen MR) is 122 cm³/mol. The Hall–Kier alpha value is -1.20. The van der Waals surface area contributed by atoms with Gasteiger partial charge in [-0.05, 0) is 56.5 Å². The number of ether oxygens (including phenoxy) is 1. The summed E-state index contributed by atoms with van der Waals surface area (Å²) in [6.45, 7) is 6.50. The molecule has 6 nitrogen and oxygen atoms in total. The summed E-state index contributed by atoms with van der Waals surface area (Å²) in [5.74, 6) is 1.34. The summed E-state index contributed by atoms with van der Waals surface area (Å²) in [5, 5.41) is 16.9. The molecule has 1 heterocycles. The lowest BCUT2D eigenvalue weighted by Crippen LogP contribution is -2.40. The average Bonchev–Trinajstić information content (AvgIpc) is 3.11. The summed E-state index contributed by atoms with van der Waals surface area (Å²) in [6.07, 6.45) is 1.54. The van der Waals surface area contributed by atoms with Crippen LogP contribution in [0.3, 0.4) is 0 Å². The number of aliphatic imine (C=N–C) groups is 1. The van der Waals surface area contributed by atoms with Crippen molar-refractivity contribution in [1.29, 1.82) is 0 Å². The van der Waals surface area contributed by atoms with Crippen molar-refractivity contribution >= 4 is 29.9 Å². The summed E-state index contributed by atoms with van der Waals surface area (Å²) in [4.78, 5) is 6.94. The molecule has 1 aliphatic heterocycles. The summed E-state index contributed by atoms with van der Waals surface area (Å²) < 4.78 is 28.7. The zero-order valence-corrected chi connectivity index (χ0v) is 19.4. The van der Waals surface area contributed by atoms with Crippen LogP contribution in [0.4, 0.5) is 8.78 Å². The summed E-state index contributed by atoms with van der Waals surface area (Å²) in [5.41, 5.74) is 0.604. The highest BCUT2D eigenvalue weighted by Gasteiger charge is 2.21. The second-order valence-corrected chi connectivity index (χ2v) is 7.02. The summed E-state index contributed by atoms with van der Waals surface area (Å²) in [6, 6.07) is 5.97. The Kier molecular flexibility index (Phi) is 12.4. The summed E-state index contributed by atoms with van der Waals surface area (Å²) in [7, 11) is 0. The van der Waals surface area contributed by atoms with E-state index < -0.39 is 12.7 Å². The van der Waals surface area contributed by atoms with E-state index in [9.17, 15) is 13.9 Å². The standard InChI is InChI=1S/C20H32F2N4O2.HI/c1-3-10-26-11-9-15(14-26)12-24-20(23-4-2)25-13-18(27)16-5-7-17(8-6-16)28-19(21)22;/h5-8,15,18-19,27H,3-4,9-14H2,1-2H3,(H2,23,24,25);1H. The van der Waals surface area contributed by atoms with E-state index in [-0.39, 0.29) is 36.3 Å². The monoisotopic (exact) mass is 526 g/mol. The molecule has 0 amide bonds. The van der Waals surface area contributed by atoms with E-state index in [0.29, 0.717) is 17.4 Å². The topological polar surface area (TPSA) is 69.1 Å². The maximum Gasteiger partial charge on any atom is 0.387 e. The second-order valence-electron chi connectivity index (χ2n) is 7.02. The molecule has 29 heavy (non-hydrogen) atoms. The van der Waals surface area contributed by atoms with Crippen LogP contribution in [-0.2, 0) is 0 Å². The zero-order chi connectivity index (χ0) is 20.4. The SMILES string of the molecule is CCCN1CCC(CNC(=NCC(O)c2ccc(OC(F)F)cc2)NCC)C1.I. The number of nitrogens with zero attached hydrogens (tertiary/aromatic N) is 2. The van der Waals surface area contributed by atoms with Gasteiger partial charge in [0.2, 0.25) is 0 Å². The smallest absolute Gasteiger partial charge is 0.387 e. The third-order valence-electron chi connectivity index (χ3n) is 4.72. The van der Waals surface area contributed by atoms with Gasteiger partial charge in [-0.3, -0.25) is 4.99 Å². The molecule has 0 radical (unpaired) electrons. The minimum Gasteiger partial charge on any atom is -0.435 e. The Balaban J connectivity index is 0.00000420. The minimum atomic E-state index is -2.86. The number of hydrogen-bond donors (Lipinski definition) is 3. The molecule has 1 aromatic rings. The number of likely N-dealkylation sites (tertiary alicyclic amines) is 1. The molecule has 1 fully saturated rings.